The molecule has 2 atom stereocenters. The molecule has 1 N–H and O–H groups in total. The smallest absolute Gasteiger partial charge is 0.462 e. The van der Waals surface area contributed by atoms with E-state index in [1.54, 1.807) is 0 Å². The molecule has 0 bridgehead atoms. The van der Waals surface area contributed by atoms with Crippen molar-refractivity contribution in [2.75, 3.05) is 47.5 Å². The third-order valence-corrected chi connectivity index (χ3v) is 10.3. The lowest BCUT2D eigenvalue weighted by Gasteiger charge is -2.24. The molecular formula is C42H83NO8P+. The first-order chi connectivity index (χ1) is 25.0. The van der Waals surface area contributed by atoms with Crippen molar-refractivity contribution in [3.05, 3.63) is 12.2 Å². The molecule has 0 saturated carbocycles. The van der Waals surface area contributed by atoms with Crippen molar-refractivity contribution in [2.45, 2.75) is 200 Å². The Morgan fingerprint density at radius 3 is 1.42 bits per heavy atom. The van der Waals surface area contributed by atoms with Crippen molar-refractivity contribution in [2.24, 2.45) is 0 Å². The molecule has 52 heavy (non-hydrogen) atoms. The molecule has 9 nitrogen and oxygen atoms in total. The summed E-state index contributed by atoms with van der Waals surface area (Å²) in [5.74, 6) is -0.801. The number of esters is 2. The third-order valence-electron chi connectivity index (χ3n) is 9.30. The Bertz CT molecular complexity index is 907. The Kier molecular flexibility index (Phi) is 34.6. The van der Waals surface area contributed by atoms with Crippen LogP contribution >= 0.6 is 7.82 Å². The van der Waals surface area contributed by atoms with Gasteiger partial charge in [0.1, 0.15) is 19.8 Å². The predicted molar refractivity (Wildman–Crippen MR) is 215 cm³/mol. The van der Waals surface area contributed by atoms with Crippen LogP contribution in [0.4, 0.5) is 0 Å². The normalized spacial score (nSPS) is 13.7. The number of nitrogens with zero attached hydrogens (tertiary/aromatic N) is 1. The molecule has 0 rings (SSSR count). The molecule has 0 heterocycles. The van der Waals surface area contributed by atoms with Crippen LogP contribution in [-0.2, 0) is 32.7 Å². The van der Waals surface area contributed by atoms with E-state index in [-0.39, 0.29) is 25.6 Å². The first-order valence-corrected chi connectivity index (χ1v) is 22.9. The molecule has 0 aromatic heterocycles. The molecule has 2 unspecified atom stereocenters. The van der Waals surface area contributed by atoms with Gasteiger partial charge in [-0.25, -0.2) is 4.57 Å². The highest BCUT2D eigenvalue weighted by Crippen LogP contribution is 2.43. The van der Waals surface area contributed by atoms with Crippen molar-refractivity contribution in [3.8, 4) is 0 Å². The summed E-state index contributed by atoms with van der Waals surface area (Å²) in [6, 6.07) is 0. The van der Waals surface area contributed by atoms with E-state index in [0.717, 1.165) is 51.4 Å². The van der Waals surface area contributed by atoms with Gasteiger partial charge in [0.2, 0.25) is 0 Å². The fourth-order valence-corrected chi connectivity index (χ4v) is 6.63. The minimum absolute atomic E-state index is 0.0331. The summed E-state index contributed by atoms with van der Waals surface area (Å²) in [5.41, 5.74) is 0. The summed E-state index contributed by atoms with van der Waals surface area (Å²) in [6.45, 7) is 4.42. The second-order valence-electron chi connectivity index (χ2n) is 15.7. The molecule has 308 valence electrons. The van der Waals surface area contributed by atoms with Gasteiger partial charge < -0.3 is 18.9 Å². The molecule has 0 aliphatic rings. The van der Waals surface area contributed by atoms with Crippen molar-refractivity contribution >= 4 is 19.8 Å². The molecule has 0 aliphatic carbocycles. The molecule has 0 aliphatic heterocycles. The molecular weight excluding hydrogens is 677 g/mol. The van der Waals surface area contributed by atoms with Gasteiger partial charge in [-0.15, -0.1) is 0 Å². The third kappa shape index (κ3) is 38.5. The predicted octanol–water partition coefficient (Wildman–Crippen LogP) is 11.8. The fourth-order valence-electron chi connectivity index (χ4n) is 5.89. The molecule has 0 aromatic rings. The van der Waals surface area contributed by atoms with Gasteiger partial charge in [0.05, 0.1) is 27.7 Å². The number of likely N-dealkylation sites (N-methyl/N-ethyl adjacent to an activating group) is 1. The van der Waals surface area contributed by atoms with E-state index < -0.39 is 26.5 Å². The van der Waals surface area contributed by atoms with Gasteiger partial charge in [0.15, 0.2) is 6.10 Å². The van der Waals surface area contributed by atoms with Crippen molar-refractivity contribution in [1.29, 1.82) is 0 Å². The van der Waals surface area contributed by atoms with E-state index in [1.807, 2.05) is 21.1 Å². The van der Waals surface area contributed by atoms with Gasteiger partial charge >= 0.3 is 19.8 Å². The summed E-state index contributed by atoms with van der Waals surface area (Å²) >= 11 is 0. The lowest BCUT2D eigenvalue weighted by Crippen LogP contribution is -2.37. The van der Waals surface area contributed by atoms with Crippen LogP contribution in [-0.4, -0.2) is 74.9 Å². The monoisotopic (exact) mass is 761 g/mol. The number of quaternary nitrogens is 1. The summed E-state index contributed by atoms with van der Waals surface area (Å²) in [5, 5.41) is 0. The van der Waals surface area contributed by atoms with Gasteiger partial charge in [0.25, 0.3) is 0 Å². The van der Waals surface area contributed by atoms with Crippen LogP contribution in [0.5, 0.6) is 0 Å². The lowest BCUT2D eigenvalue weighted by atomic mass is 10.0. The number of ether oxygens (including phenoxy) is 2. The van der Waals surface area contributed by atoms with Crippen LogP contribution in [0.25, 0.3) is 0 Å². The first-order valence-electron chi connectivity index (χ1n) is 21.4. The fraction of sp³-hybridized carbons (Fsp3) is 0.905. The van der Waals surface area contributed by atoms with E-state index in [0.29, 0.717) is 23.9 Å². The number of carbonyl (C=O) groups excluding carboxylic acids is 2. The minimum Gasteiger partial charge on any atom is -0.462 e. The number of hydrogen-bond acceptors (Lipinski definition) is 7. The summed E-state index contributed by atoms with van der Waals surface area (Å²) in [4.78, 5) is 35.3. The zero-order chi connectivity index (χ0) is 38.6. The minimum atomic E-state index is -4.37. The Morgan fingerprint density at radius 2 is 0.981 bits per heavy atom. The quantitative estimate of drug-likeness (QED) is 0.0217. The zero-order valence-electron chi connectivity index (χ0n) is 34.6. The molecule has 0 amide bonds. The van der Waals surface area contributed by atoms with Crippen molar-refractivity contribution in [3.63, 3.8) is 0 Å². The second-order valence-corrected chi connectivity index (χ2v) is 17.2. The summed E-state index contributed by atoms with van der Waals surface area (Å²) in [6.07, 6.45) is 35.3. The first kappa shape index (κ1) is 50.8. The molecule has 10 heteroatoms. The number of hydrogen-bond donors (Lipinski definition) is 1. The number of phosphoric ester groups is 1. The van der Waals surface area contributed by atoms with E-state index >= 15 is 0 Å². The maximum atomic E-state index is 12.7. The average molecular weight is 761 g/mol. The zero-order valence-corrected chi connectivity index (χ0v) is 35.5. The molecule has 0 aromatic carbocycles. The van der Waals surface area contributed by atoms with Gasteiger partial charge in [-0.05, 0) is 38.5 Å². The van der Waals surface area contributed by atoms with Crippen molar-refractivity contribution < 1.29 is 42.1 Å². The van der Waals surface area contributed by atoms with Crippen LogP contribution in [0.3, 0.4) is 0 Å². The molecule has 0 fully saturated rings. The van der Waals surface area contributed by atoms with Crippen LogP contribution in [0.2, 0.25) is 0 Å². The number of phosphoric acid groups is 1. The van der Waals surface area contributed by atoms with Gasteiger partial charge in [-0.3, -0.25) is 18.6 Å². The highest BCUT2D eigenvalue weighted by Gasteiger charge is 2.27. The highest BCUT2D eigenvalue weighted by atomic mass is 31.2. The SMILES string of the molecule is CCCCCCCC/C=C/CCCCCCCC(=O)OC(COC(=O)CCCCCCCCCCCCCCC)COP(=O)(O)OCC[N+](C)(C)C. The largest absolute Gasteiger partial charge is 0.472 e. The maximum absolute atomic E-state index is 12.7. The standard InChI is InChI=1S/C42H82NO8P/c1-6-8-10-12-14-16-18-20-21-23-25-27-29-31-33-35-42(45)51-40(39-50-52(46,47)49-37-36-43(3,4)5)38-48-41(44)34-32-30-28-26-24-22-19-17-15-13-11-9-7-2/h20-21,40H,6-19,22-39H2,1-5H3/p+1/b21-20+. The Labute approximate surface area is 320 Å². The number of allylic oxidation sites excluding steroid dienone is 2. The lowest BCUT2D eigenvalue weighted by molar-refractivity contribution is -0.870. The van der Waals surface area contributed by atoms with Crippen LogP contribution < -0.4 is 0 Å². The Hall–Kier alpha value is -1.25. The molecule has 0 spiro atoms. The van der Waals surface area contributed by atoms with E-state index in [9.17, 15) is 19.0 Å². The number of unbranched alkanes of at least 4 members (excludes halogenated alkanes) is 23. The van der Waals surface area contributed by atoms with Gasteiger partial charge in [-0.2, -0.15) is 0 Å². The maximum Gasteiger partial charge on any atom is 0.472 e. The number of rotatable bonds is 39. The second kappa shape index (κ2) is 35.5. The van der Waals surface area contributed by atoms with Crippen LogP contribution in [0.15, 0.2) is 12.2 Å². The average Bonchev–Trinajstić information content (AvgIpc) is 3.09. The van der Waals surface area contributed by atoms with E-state index in [4.69, 9.17) is 18.5 Å². The summed E-state index contributed by atoms with van der Waals surface area (Å²) in [7, 11) is 1.48. The summed E-state index contributed by atoms with van der Waals surface area (Å²) < 4.78 is 34.3. The highest BCUT2D eigenvalue weighted by molar-refractivity contribution is 7.47. The Balaban J connectivity index is 4.37. The van der Waals surface area contributed by atoms with Crippen LogP contribution in [0.1, 0.15) is 194 Å². The molecule has 0 saturated heterocycles. The Morgan fingerprint density at radius 1 is 0.577 bits per heavy atom. The van der Waals surface area contributed by atoms with Gasteiger partial charge in [-0.1, -0.05) is 154 Å². The van der Waals surface area contributed by atoms with Crippen LogP contribution in [0, 0.1) is 0 Å². The van der Waals surface area contributed by atoms with E-state index in [1.165, 1.54) is 109 Å². The number of carbonyl (C=O) groups is 2. The molecule has 0 radical (unpaired) electrons. The van der Waals surface area contributed by atoms with Gasteiger partial charge in [0, 0.05) is 12.8 Å². The topological polar surface area (TPSA) is 108 Å². The van der Waals surface area contributed by atoms with Crippen molar-refractivity contribution in [1.82, 2.24) is 0 Å². The van der Waals surface area contributed by atoms with E-state index in [2.05, 4.69) is 26.0 Å².